The van der Waals surface area contributed by atoms with Crippen LogP contribution in [0, 0.1) is 0 Å². The molecule has 0 fully saturated rings. The van der Waals surface area contributed by atoms with Crippen molar-refractivity contribution in [3.8, 4) is 0 Å². The Labute approximate surface area is 119 Å². The maximum absolute atomic E-state index is 11.4. The Morgan fingerprint density at radius 1 is 1.37 bits per heavy atom. The highest BCUT2D eigenvalue weighted by molar-refractivity contribution is 6.74. The molecule has 0 N–H and O–H groups in total. The van der Waals surface area contributed by atoms with Gasteiger partial charge in [-0.15, -0.1) is 6.58 Å². The minimum atomic E-state index is -1.79. The number of hydrogen-bond donors (Lipinski definition) is 0. The van der Waals surface area contributed by atoms with E-state index in [2.05, 4.69) is 40.4 Å². The second-order valence-corrected chi connectivity index (χ2v) is 11.3. The zero-order valence-corrected chi connectivity index (χ0v) is 14.5. The molecular formula is C15H29NO2Si. The number of rotatable bonds is 6. The highest BCUT2D eigenvalue weighted by atomic mass is 28.4. The van der Waals surface area contributed by atoms with Crippen molar-refractivity contribution in [1.29, 1.82) is 0 Å². The van der Waals surface area contributed by atoms with Gasteiger partial charge in [-0.25, -0.2) is 0 Å². The minimum Gasteiger partial charge on any atom is -0.410 e. The first-order chi connectivity index (χ1) is 8.51. The van der Waals surface area contributed by atoms with Crippen LogP contribution >= 0.6 is 0 Å². The molecule has 1 unspecified atom stereocenters. The van der Waals surface area contributed by atoms with Crippen molar-refractivity contribution < 1.29 is 9.22 Å². The van der Waals surface area contributed by atoms with E-state index in [0.717, 1.165) is 0 Å². The molecule has 0 aromatic carbocycles. The molecule has 1 atom stereocenters. The molecule has 3 nitrogen and oxygen atoms in total. The summed E-state index contributed by atoms with van der Waals surface area (Å²) in [5, 5.41) is 0.178. The first-order valence-electron chi connectivity index (χ1n) is 6.69. The van der Waals surface area contributed by atoms with Crippen LogP contribution in [0.15, 0.2) is 24.8 Å². The van der Waals surface area contributed by atoms with Crippen LogP contribution in [0.2, 0.25) is 18.1 Å². The van der Waals surface area contributed by atoms with Crippen LogP contribution in [0.25, 0.3) is 0 Å². The summed E-state index contributed by atoms with van der Waals surface area (Å²) in [6.07, 6.45) is 5.94. The fourth-order valence-corrected chi connectivity index (χ4v) is 2.50. The average Bonchev–Trinajstić information content (AvgIpc) is 2.25. The van der Waals surface area contributed by atoms with Gasteiger partial charge >= 0.3 is 0 Å². The summed E-state index contributed by atoms with van der Waals surface area (Å²) < 4.78 is 6.24. The van der Waals surface area contributed by atoms with Gasteiger partial charge in [0, 0.05) is 14.1 Å². The van der Waals surface area contributed by atoms with Crippen LogP contribution in [-0.2, 0) is 9.22 Å². The van der Waals surface area contributed by atoms with Crippen LogP contribution in [0.5, 0.6) is 0 Å². The fourth-order valence-electron chi connectivity index (χ4n) is 1.20. The smallest absolute Gasteiger partial charge is 0.245 e. The van der Waals surface area contributed by atoms with E-state index in [4.69, 9.17) is 4.43 Å². The third kappa shape index (κ3) is 6.21. The zero-order valence-electron chi connectivity index (χ0n) is 13.5. The highest BCUT2D eigenvalue weighted by Crippen LogP contribution is 2.37. The first kappa shape index (κ1) is 18.1. The zero-order chi connectivity index (χ0) is 15.3. The van der Waals surface area contributed by atoms with Crippen LogP contribution in [0.3, 0.4) is 0 Å². The van der Waals surface area contributed by atoms with Crippen molar-refractivity contribution in [2.75, 3.05) is 14.1 Å². The lowest BCUT2D eigenvalue weighted by Gasteiger charge is -2.38. The molecule has 4 heteroatoms. The van der Waals surface area contributed by atoms with Gasteiger partial charge in [-0.1, -0.05) is 32.9 Å². The summed E-state index contributed by atoms with van der Waals surface area (Å²) in [6.45, 7) is 14.9. The molecule has 0 aliphatic rings. The highest BCUT2D eigenvalue weighted by Gasteiger charge is 2.38. The Kier molecular flexibility index (Phi) is 6.73. The Balaban J connectivity index is 4.55. The normalized spacial score (nSPS) is 14.5. The molecular weight excluding hydrogens is 254 g/mol. The second kappa shape index (κ2) is 7.06. The van der Waals surface area contributed by atoms with Gasteiger partial charge in [0.15, 0.2) is 8.32 Å². The van der Waals surface area contributed by atoms with Crippen molar-refractivity contribution >= 4 is 14.2 Å². The monoisotopic (exact) mass is 283 g/mol. The van der Waals surface area contributed by atoms with Crippen molar-refractivity contribution in [3.05, 3.63) is 24.8 Å². The molecule has 0 radical (unpaired) electrons. The summed E-state index contributed by atoms with van der Waals surface area (Å²) in [7, 11) is 1.69. The molecule has 0 aliphatic carbocycles. The van der Waals surface area contributed by atoms with Crippen LogP contribution in [-0.4, -0.2) is 39.3 Å². The lowest BCUT2D eigenvalue weighted by Crippen LogP contribution is -2.43. The Bertz CT molecular complexity index is 341. The number of nitrogens with zero attached hydrogens (tertiary/aromatic N) is 1. The van der Waals surface area contributed by atoms with E-state index < -0.39 is 8.32 Å². The maximum atomic E-state index is 11.4. The van der Waals surface area contributed by atoms with Crippen molar-refractivity contribution in [3.63, 3.8) is 0 Å². The third-order valence-corrected chi connectivity index (χ3v) is 8.09. The van der Waals surface area contributed by atoms with E-state index in [-0.39, 0.29) is 17.0 Å². The maximum Gasteiger partial charge on any atom is 0.245 e. The van der Waals surface area contributed by atoms with Gasteiger partial charge in [-0.2, -0.15) is 0 Å². The summed E-state index contributed by atoms with van der Waals surface area (Å²) >= 11 is 0. The number of amides is 1. The molecule has 0 heterocycles. The molecule has 19 heavy (non-hydrogen) atoms. The van der Waals surface area contributed by atoms with E-state index in [1.165, 1.54) is 0 Å². The number of carbonyl (C=O) groups is 1. The molecule has 0 aromatic heterocycles. The molecule has 0 aromatic rings. The summed E-state index contributed by atoms with van der Waals surface area (Å²) in [6, 6.07) is 0. The third-order valence-electron chi connectivity index (χ3n) is 3.58. The van der Waals surface area contributed by atoms with Crippen LogP contribution in [0.1, 0.15) is 27.2 Å². The quantitative estimate of drug-likeness (QED) is 0.423. The topological polar surface area (TPSA) is 29.5 Å². The van der Waals surface area contributed by atoms with Crippen molar-refractivity contribution in [2.45, 2.75) is 51.4 Å². The SMILES string of the molecule is C=CC(C/C=C/C(=O)N(C)C)O[Si](C)(C)C(C)(C)C. The lowest BCUT2D eigenvalue weighted by atomic mass is 10.2. The fraction of sp³-hybridized carbons (Fsp3) is 0.667. The molecule has 1 amide bonds. The molecule has 0 saturated heterocycles. The molecule has 0 rings (SSSR count). The first-order valence-corrected chi connectivity index (χ1v) is 9.60. The van der Waals surface area contributed by atoms with Gasteiger partial charge in [-0.05, 0) is 30.6 Å². The van der Waals surface area contributed by atoms with Gasteiger partial charge in [0.25, 0.3) is 0 Å². The number of carbonyl (C=O) groups excluding carboxylic acids is 1. The van der Waals surface area contributed by atoms with Gasteiger partial charge in [0.2, 0.25) is 5.91 Å². The minimum absolute atomic E-state index is 0.00450. The molecule has 110 valence electrons. The summed E-state index contributed by atoms with van der Waals surface area (Å²) in [5.41, 5.74) is 0. The molecule has 0 aliphatic heterocycles. The average molecular weight is 283 g/mol. The van der Waals surface area contributed by atoms with Crippen molar-refractivity contribution in [1.82, 2.24) is 4.90 Å². The summed E-state index contributed by atoms with van der Waals surface area (Å²) in [5.74, 6) is -0.00450. The van der Waals surface area contributed by atoms with E-state index in [1.807, 2.05) is 12.2 Å². The number of hydrogen-bond acceptors (Lipinski definition) is 2. The van der Waals surface area contributed by atoms with E-state index >= 15 is 0 Å². The predicted molar refractivity (Wildman–Crippen MR) is 84.7 cm³/mol. The van der Waals surface area contributed by atoms with Crippen molar-refractivity contribution in [2.24, 2.45) is 0 Å². The molecule has 0 bridgehead atoms. The Morgan fingerprint density at radius 2 is 1.89 bits per heavy atom. The predicted octanol–water partition coefficient (Wildman–Crippen LogP) is 3.60. The van der Waals surface area contributed by atoms with E-state index in [1.54, 1.807) is 25.1 Å². The standard InChI is InChI=1S/C15H29NO2Si/c1-9-13(11-10-12-14(17)16(5)6)18-19(7,8)15(2,3)4/h9-10,12-13H,1,11H2,2-8H3/b12-10+. The van der Waals surface area contributed by atoms with Gasteiger partial charge < -0.3 is 9.33 Å². The second-order valence-electron chi connectivity index (χ2n) is 6.52. The van der Waals surface area contributed by atoms with Crippen LogP contribution in [0.4, 0.5) is 0 Å². The Hall–Kier alpha value is -0.873. The van der Waals surface area contributed by atoms with E-state index in [9.17, 15) is 4.79 Å². The molecule has 0 saturated carbocycles. The summed E-state index contributed by atoms with van der Waals surface area (Å²) in [4.78, 5) is 13.0. The van der Waals surface area contributed by atoms with E-state index in [0.29, 0.717) is 6.42 Å². The van der Waals surface area contributed by atoms with Gasteiger partial charge in [0.05, 0.1) is 6.10 Å². The van der Waals surface area contributed by atoms with Gasteiger partial charge in [-0.3, -0.25) is 4.79 Å². The molecule has 0 spiro atoms. The Morgan fingerprint density at radius 3 is 2.26 bits per heavy atom. The largest absolute Gasteiger partial charge is 0.410 e. The van der Waals surface area contributed by atoms with Gasteiger partial charge in [0.1, 0.15) is 0 Å². The lowest BCUT2D eigenvalue weighted by molar-refractivity contribution is -0.123. The van der Waals surface area contributed by atoms with Crippen LogP contribution < -0.4 is 0 Å². The number of likely N-dealkylation sites (N-methyl/N-ethyl adjacent to an activating group) is 1.